The highest BCUT2D eigenvalue weighted by atomic mass is 32.2. The number of rotatable bonds is 7. The van der Waals surface area contributed by atoms with Crippen molar-refractivity contribution >= 4 is 38.1 Å². The number of carbonyl (C=O) groups is 1. The maximum atomic E-state index is 13.0. The van der Waals surface area contributed by atoms with Crippen LogP contribution in [0.15, 0.2) is 47.4 Å². The Morgan fingerprint density at radius 2 is 1.84 bits per heavy atom. The first-order valence-electron chi connectivity index (χ1n) is 9.72. The molecule has 0 unspecified atom stereocenters. The molecule has 31 heavy (non-hydrogen) atoms. The van der Waals surface area contributed by atoms with Crippen molar-refractivity contribution in [2.75, 3.05) is 10.5 Å². The van der Waals surface area contributed by atoms with E-state index in [1.807, 2.05) is 26.8 Å². The van der Waals surface area contributed by atoms with Crippen LogP contribution in [-0.4, -0.2) is 19.4 Å². The van der Waals surface area contributed by atoms with Crippen LogP contribution in [0.25, 0.3) is 10.4 Å². The minimum atomic E-state index is -3.84. The van der Waals surface area contributed by atoms with Crippen molar-refractivity contribution in [2.45, 2.75) is 39.0 Å². The second-order valence-corrected chi connectivity index (χ2v) is 10.3. The molecule has 0 saturated carbocycles. The molecule has 0 fully saturated rings. The second kappa shape index (κ2) is 9.07. The molecule has 9 heteroatoms. The fraction of sp³-hybridized carbons (Fsp3) is 0.273. The number of benzene rings is 2. The third-order valence-corrected chi connectivity index (χ3v) is 7.03. The van der Waals surface area contributed by atoms with Gasteiger partial charge in [0.05, 0.1) is 15.5 Å². The van der Waals surface area contributed by atoms with Crippen molar-refractivity contribution in [3.63, 3.8) is 0 Å². The van der Waals surface area contributed by atoms with E-state index in [1.165, 1.54) is 11.3 Å². The van der Waals surface area contributed by atoms with Crippen LogP contribution in [0.2, 0.25) is 0 Å². The molecule has 0 radical (unpaired) electrons. The number of nitrogens with zero attached hydrogens (tertiary/aromatic N) is 1. The van der Waals surface area contributed by atoms with Gasteiger partial charge in [0, 0.05) is 12.1 Å². The molecule has 2 aromatic carbocycles. The fourth-order valence-electron chi connectivity index (χ4n) is 3.02. The second-order valence-electron chi connectivity index (χ2n) is 7.65. The van der Waals surface area contributed by atoms with Gasteiger partial charge >= 0.3 is 5.97 Å². The number of aryl methyl sites for hydroxylation is 2. The van der Waals surface area contributed by atoms with E-state index in [9.17, 15) is 13.2 Å². The Morgan fingerprint density at radius 1 is 1.16 bits per heavy atom. The molecule has 3 aromatic rings. The maximum absolute atomic E-state index is 13.0. The molecule has 0 atom stereocenters. The molecule has 0 amide bonds. The summed E-state index contributed by atoms with van der Waals surface area (Å²) in [6, 6.07) is 11.5. The summed E-state index contributed by atoms with van der Waals surface area (Å²) in [6.07, 6.45) is 0.314. The van der Waals surface area contributed by atoms with Gasteiger partial charge in [-0.25, -0.2) is 13.4 Å². The number of hydrogen-bond acceptors (Lipinski definition) is 7. The zero-order chi connectivity index (χ0) is 22.8. The fourth-order valence-corrected chi connectivity index (χ4v) is 5.18. The van der Waals surface area contributed by atoms with Crippen LogP contribution < -0.4 is 15.2 Å². The van der Waals surface area contributed by atoms with Crippen molar-refractivity contribution in [2.24, 2.45) is 5.92 Å². The number of carbonyl (C=O) groups excluding carboxylic acids is 1. The van der Waals surface area contributed by atoms with Crippen LogP contribution in [0.1, 0.15) is 31.5 Å². The van der Waals surface area contributed by atoms with Gasteiger partial charge in [0.2, 0.25) is 0 Å². The van der Waals surface area contributed by atoms with Crippen LogP contribution in [-0.2, 0) is 14.8 Å². The van der Waals surface area contributed by atoms with Crippen molar-refractivity contribution in [1.82, 2.24) is 4.98 Å². The highest BCUT2D eigenvalue weighted by Gasteiger charge is 2.19. The minimum Gasteiger partial charge on any atom is -0.427 e. The Hall–Kier alpha value is -2.91. The lowest BCUT2D eigenvalue weighted by Gasteiger charge is -2.12. The van der Waals surface area contributed by atoms with Crippen LogP contribution >= 0.6 is 11.3 Å². The summed E-state index contributed by atoms with van der Waals surface area (Å²) in [7, 11) is -3.84. The molecule has 0 bridgehead atoms. The lowest BCUT2D eigenvalue weighted by atomic mass is 10.1. The molecule has 3 rings (SSSR count). The number of thiazole rings is 1. The predicted molar refractivity (Wildman–Crippen MR) is 124 cm³/mol. The average molecular weight is 460 g/mol. The predicted octanol–water partition coefficient (Wildman–Crippen LogP) is 4.76. The third-order valence-electron chi connectivity index (χ3n) is 4.47. The van der Waals surface area contributed by atoms with E-state index in [0.717, 1.165) is 16.1 Å². The summed E-state index contributed by atoms with van der Waals surface area (Å²) >= 11 is 1.32. The van der Waals surface area contributed by atoms with E-state index < -0.39 is 10.0 Å². The maximum Gasteiger partial charge on any atom is 0.311 e. The van der Waals surface area contributed by atoms with Gasteiger partial charge in [0.15, 0.2) is 5.13 Å². The quantitative estimate of drug-likeness (QED) is 0.389. The van der Waals surface area contributed by atoms with E-state index in [1.54, 1.807) is 43.3 Å². The lowest BCUT2D eigenvalue weighted by Crippen LogP contribution is -2.14. The first-order chi connectivity index (χ1) is 14.5. The smallest absolute Gasteiger partial charge is 0.311 e. The van der Waals surface area contributed by atoms with Crippen LogP contribution in [0, 0.1) is 19.8 Å². The van der Waals surface area contributed by atoms with Crippen molar-refractivity contribution in [3.05, 3.63) is 53.7 Å². The molecule has 0 spiro atoms. The summed E-state index contributed by atoms with van der Waals surface area (Å²) in [5, 5.41) is 0.435. The summed E-state index contributed by atoms with van der Waals surface area (Å²) in [5.74, 6) is 0.238. The molecule has 0 saturated heterocycles. The van der Waals surface area contributed by atoms with Gasteiger partial charge < -0.3 is 10.5 Å². The zero-order valence-corrected chi connectivity index (χ0v) is 19.4. The van der Waals surface area contributed by atoms with E-state index in [0.29, 0.717) is 28.6 Å². The normalized spacial score (nSPS) is 11.5. The molecule has 0 aliphatic carbocycles. The number of aromatic nitrogens is 1. The van der Waals surface area contributed by atoms with E-state index in [4.69, 9.17) is 10.5 Å². The molecular formula is C22H25N3O4S2. The Labute approximate surface area is 186 Å². The van der Waals surface area contributed by atoms with Crippen LogP contribution in [0.3, 0.4) is 0 Å². The molecule has 3 N–H and O–H groups in total. The van der Waals surface area contributed by atoms with Crippen molar-refractivity contribution in [1.29, 1.82) is 0 Å². The Bertz CT molecular complexity index is 1200. The molecule has 0 aliphatic heterocycles. The Kier molecular flexibility index (Phi) is 6.66. The van der Waals surface area contributed by atoms with Gasteiger partial charge in [-0.3, -0.25) is 9.52 Å². The minimum absolute atomic E-state index is 0.170. The van der Waals surface area contributed by atoms with Gasteiger partial charge in [-0.2, -0.15) is 0 Å². The van der Waals surface area contributed by atoms with E-state index in [2.05, 4.69) is 9.71 Å². The van der Waals surface area contributed by atoms with Crippen molar-refractivity contribution < 1.29 is 17.9 Å². The summed E-state index contributed by atoms with van der Waals surface area (Å²) < 4.78 is 33.9. The molecule has 1 aromatic heterocycles. The lowest BCUT2D eigenvalue weighted by molar-refractivity contribution is -0.135. The molecular weight excluding hydrogens is 434 g/mol. The summed E-state index contributed by atoms with van der Waals surface area (Å²) in [4.78, 5) is 17.0. The van der Waals surface area contributed by atoms with E-state index >= 15 is 0 Å². The number of esters is 1. The Balaban J connectivity index is 1.81. The van der Waals surface area contributed by atoms with Gasteiger partial charge in [0.1, 0.15) is 5.75 Å². The number of nitrogen functional groups attached to an aromatic ring is 1. The van der Waals surface area contributed by atoms with Crippen LogP contribution in [0.4, 0.5) is 10.8 Å². The topological polar surface area (TPSA) is 111 Å². The molecule has 164 valence electrons. The first-order valence-corrected chi connectivity index (χ1v) is 12.0. The Morgan fingerprint density at radius 3 is 2.42 bits per heavy atom. The third kappa shape index (κ3) is 5.62. The largest absolute Gasteiger partial charge is 0.427 e. The van der Waals surface area contributed by atoms with Gasteiger partial charge in [-0.05, 0) is 61.2 Å². The average Bonchev–Trinajstić information content (AvgIpc) is 3.01. The number of ether oxygens (including phenoxy) is 1. The monoisotopic (exact) mass is 459 g/mol. The van der Waals surface area contributed by atoms with Crippen molar-refractivity contribution in [3.8, 4) is 16.2 Å². The van der Waals surface area contributed by atoms with Gasteiger partial charge in [-0.1, -0.05) is 37.3 Å². The molecule has 7 nitrogen and oxygen atoms in total. The van der Waals surface area contributed by atoms with Gasteiger partial charge in [-0.15, -0.1) is 0 Å². The number of sulfonamides is 1. The zero-order valence-electron chi connectivity index (χ0n) is 17.8. The standard InChI is InChI=1S/C22H25N3O4S2/c1-13(2)11-20(26)29-18-9-7-17(8-10-18)25-31(27,28)19-12-16(6-5-14(19)3)21-15(4)24-22(23)30-21/h5-10,12-13,25H,11H2,1-4H3,(H2,23,24). The first kappa shape index (κ1) is 22.8. The summed E-state index contributed by atoms with van der Waals surface area (Å²) in [6.45, 7) is 7.44. The summed E-state index contributed by atoms with van der Waals surface area (Å²) in [5.41, 5.74) is 8.26. The van der Waals surface area contributed by atoms with Crippen LogP contribution in [0.5, 0.6) is 5.75 Å². The highest BCUT2D eigenvalue weighted by Crippen LogP contribution is 2.33. The highest BCUT2D eigenvalue weighted by molar-refractivity contribution is 7.92. The molecule has 0 aliphatic rings. The number of nitrogens with one attached hydrogen (secondary N) is 1. The van der Waals surface area contributed by atoms with E-state index in [-0.39, 0.29) is 16.8 Å². The molecule has 1 heterocycles. The number of hydrogen-bond donors (Lipinski definition) is 2. The number of anilines is 2. The SMILES string of the molecule is Cc1ccc(-c2sc(N)nc2C)cc1S(=O)(=O)Nc1ccc(OC(=O)CC(C)C)cc1. The van der Waals surface area contributed by atoms with Gasteiger partial charge in [0.25, 0.3) is 10.0 Å². The number of nitrogens with two attached hydrogens (primary N) is 1.